The Morgan fingerprint density at radius 1 is 1.00 bits per heavy atom. The molecule has 0 aliphatic heterocycles. The van der Waals surface area contributed by atoms with E-state index in [-0.39, 0.29) is 5.97 Å². The van der Waals surface area contributed by atoms with Gasteiger partial charge in [-0.05, 0) is 77.0 Å². The van der Waals surface area contributed by atoms with E-state index in [4.69, 9.17) is 4.74 Å². The number of alkyl halides is 2. The van der Waals surface area contributed by atoms with E-state index in [9.17, 15) is 13.6 Å². The molecule has 4 rings (SSSR count). The minimum absolute atomic E-state index is 0.358. The average molecular weight is 361 g/mol. The molecule has 0 heterocycles. The first-order valence-corrected chi connectivity index (χ1v) is 10.1. The molecule has 0 aromatic carbocycles. The van der Waals surface area contributed by atoms with Crippen molar-refractivity contribution in [2.45, 2.75) is 72.1 Å². The number of hydrogen-bond acceptors (Lipinski definition) is 2. The van der Waals surface area contributed by atoms with Gasteiger partial charge in [0.1, 0.15) is 0 Å². The molecule has 4 saturated carbocycles. The molecule has 0 aromatic heterocycles. The quantitative estimate of drug-likeness (QED) is 0.737. The maximum absolute atomic E-state index is 12.8. The second kappa shape index (κ2) is 8.32. The molecule has 25 heavy (non-hydrogen) atoms. The molecule has 0 radical (unpaired) electrons. The maximum Gasteiger partial charge on any atom is 0.312 e. The first-order chi connectivity index (χ1) is 11.7. The van der Waals surface area contributed by atoms with Crippen LogP contribution in [0.4, 0.5) is 8.78 Å². The number of rotatable bonds is 6. The molecule has 146 valence electrons. The average Bonchev–Trinajstić information content (AvgIpc) is 2.53. The highest BCUT2D eigenvalue weighted by atomic mass is 19.3. The highest BCUT2D eigenvalue weighted by Crippen LogP contribution is 2.60. The van der Waals surface area contributed by atoms with Crippen LogP contribution in [-0.4, -0.2) is 38.1 Å². The zero-order valence-corrected chi connectivity index (χ0v) is 16.4. The SMILES string of the molecule is CC(F)(F)COC(=O)C12CC3CC(CC(C3)C1)C2.CC[NH+](CC)CC. The van der Waals surface area contributed by atoms with Gasteiger partial charge < -0.3 is 9.64 Å². The Hall–Kier alpha value is -0.710. The summed E-state index contributed by atoms with van der Waals surface area (Å²) in [6.45, 7) is 10.5. The van der Waals surface area contributed by atoms with Gasteiger partial charge in [-0.2, -0.15) is 0 Å². The lowest BCUT2D eigenvalue weighted by Crippen LogP contribution is -3.11. The van der Waals surface area contributed by atoms with Gasteiger partial charge in [0, 0.05) is 6.92 Å². The van der Waals surface area contributed by atoms with Crippen LogP contribution >= 0.6 is 0 Å². The van der Waals surface area contributed by atoms with E-state index in [1.165, 1.54) is 38.9 Å². The fourth-order valence-electron chi connectivity index (χ4n) is 5.46. The number of carbonyl (C=O) groups excluding carboxylic acids is 1. The van der Waals surface area contributed by atoms with E-state index in [1.54, 1.807) is 4.90 Å². The fourth-order valence-corrected chi connectivity index (χ4v) is 5.46. The third kappa shape index (κ3) is 5.38. The van der Waals surface area contributed by atoms with E-state index in [0.29, 0.717) is 17.8 Å². The topological polar surface area (TPSA) is 30.7 Å². The molecule has 0 saturated heterocycles. The summed E-state index contributed by atoms with van der Waals surface area (Å²) in [5.74, 6) is -1.39. The van der Waals surface area contributed by atoms with E-state index in [0.717, 1.165) is 26.2 Å². The molecule has 0 atom stereocenters. The summed E-state index contributed by atoms with van der Waals surface area (Å²) in [4.78, 5) is 13.9. The number of halogens is 2. The van der Waals surface area contributed by atoms with Crippen molar-refractivity contribution in [2.24, 2.45) is 23.2 Å². The molecule has 0 spiro atoms. The van der Waals surface area contributed by atoms with Crippen LogP contribution in [0.15, 0.2) is 0 Å². The van der Waals surface area contributed by atoms with Crippen LogP contribution in [0, 0.1) is 23.2 Å². The normalized spacial score (nSPS) is 33.2. The van der Waals surface area contributed by atoms with Crippen molar-refractivity contribution in [1.82, 2.24) is 0 Å². The summed E-state index contributed by atoms with van der Waals surface area (Å²) >= 11 is 0. The number of ether oxygens (including phenoxy) is 1. The van der Waals surface area contributed by atoms with Crippen LogP contribution in [0.5, 0.6) is 0 Å². The first kappa shape index (κ1) is 20.6. The summed E-state index contributed by atoms with van der Waals surface area (Å²) in [5.41, 5.74) is -0.417. The van der Waals surface area contributed by atoms with Crippen LogP contribution in [0.2, 0.25) is 0 Å². The molecule has 3 nitrogen and oxygen atoms in total. The highest BCUT2D eigenvalue weighted by Gasteiger charge is 2.55. The zero-order valence-electron chi connectivity index (χ0n) is 16.4. The third-order valence-electron chi connectivity index (χ3n) is 6.43. The first-order valence-electron chi connectivity index (χ1n) is 10.1. The maximum atomic E-state index is 12.8. The lowest BCUT2D eigenvalue weighted by Gasteiger charge is -2.55. The highest BCUT2D eigenvalue weighted by molar-refractivity contribution is 5.77. The number of esters is 1. The van der Waals surface area contributed by atoms with Crippen LogP contribution in [0.25, 0.3) is 0 Å². The molecule has 5 heteroatoms. The summed E-state index contributed by atoms with van der Waals surface area (Å²) in [7, 11) is 0. The van der Waals surface area contributed by atoms with Crippen molar-refractivity contribution in [1.29, 1.82) is 0 Å². The third-order valence-corrected chi connectivity index (χ3v) is 6.43. The minimum atomic E-state index is -2.92. The second-order valence-electron chi connectivity index (χ2n) is 8.65. The lowest BCUT2D eigenvalue weighted by molar-refractivity contribution is -0.894. The van der Waals surface area contributed by atoms with Gasteiger partial charge in [-0.25, -0.2) is 8.78 Å². The standard InChI is InChI=1S/C14H20F2O2.C6H15N/c1-13(15,16)8-18-12(17)14-5-9-2-10(6-14)4-11(3-9)7-14;1-4-7(5-2)6-3/h9-11H,2-8H2,1H3;4-6H2,1-3H3/p+1. The van der Waals surface area contributed by atoms with Crippen molar-refractivity contribution < 1.29 is 23.2 Å². The Labute approximate surface area is 151 Å². The number of nitrogens with one attached hydrogen (secondary N) is 1. The van der Waals surface area contributed by atoms with Gasteiger partial charge in [0.05, 0.1) is 25.0 Å². The van der Waals surface area contributed by atoms with Gasteiger partial charge in [-0.3, -0.25) is 4.79 Å². The molecule has 4 aliphatic carbocycles. The van der Waals surface area contributed by atoms with Gasteiger partial charge in [0.25, 0.3) is 5.92 Å². The predicted octanol–water partition coefficient (Wildman–Crippen LogP) is 3.33. The molecular formula is C20H36F2NO2+. The van der Waals surface area contributed by atoms with Gasteiger partial charge >= 0.3 is 5.97 Å². The van der Waals surface area contributed by atoms with Crippen molar-refractivity contribution in [3.8, 4) is 0 Å². The minimum Gasteiger partial charge on any atom is -0.459 e. The predicted molar refractivity (Wildman–Crippen MR) is 94.8 cm³/mol. The Balaban J connectivity index is 0.000000277. The molecular weight excluding hydrogens is 324 g/mol. The molecule has 0 unspecified atom stereocenters. The van der Waals surface area contributed by atoms with Gasteiger partial charge in [-0.1, -0.05) is 0 Å². The summed E-state index contributed by atoms with van der Waals surface area (Å²) < 4.78 is 30.5. The van der Waals surface area contributed by atoms with Crippen molar-refractivity contribution >= 4 is 5.97 Å². The summed E-state index contributed by atoms with van der Waals surface area (Å²) in [5, 5.41) is 0. The Bertz CT molecular complexity index is 403. The van der Waals surface area contributed by atoms with E-state index >= 15 is 0 Å². The van der Waals surface area contributed by atoms with Crippen LogP contribution in [0.1, 0.15) is 66.2 Å². The molecule has 4 aliphatic rings. The smallest absolute Gasteiger partial charge is 0.312 e. The van der Waals surface area contributed by atoms with E-state index in [2.05, 4.69) is 20.8 Å². The van der Waals surface area contributed by atoms with E-state index in [1.807, 2.05) is 0 Å². The van der Waals surface area contributed by atoms with Gasteiger partial charge in [0.2, 0.25) is 0 Å². The summed E-state index contributed by atoms with van der Waals surface area (Å²) in [6.07, 6.45) is 6.30. The second-order valence-corrected chi connectivity index (χ2v) is 8.65. The molecule has 4 fully saturated rings. The van der Waals surface area contributed by atoms with Crippen molar-refractivity contribution in [3.63, 3.8) is 0 Å². The number of hydrogen-bond donors (Lipinski definition) is 1. The van der Waals surface area contributed by atoms with Gasteiger partial charge in [0.15, 0.2) is 6.61 Å². The van der Waals surface area contributed by atoms with Crippen LogP contribution in [-0.2, 0) is 9.53 Å². The monoisotopic (exact) mass is 360 g/mol. The molecule has 0 amide bonds. The Morgan fingerprint density at radius 3 is 1.68 bits per heavy atom. The molecule has 4 bridgehead atoms. The number of quaternary nitrogens is 1. The van der Waals surface area contributed by atoms with Gasteiger partial charge in [-0.15, -0.1) is 0 Å². The Morgan fingerprint density at radius 2 is 1.40 bits per heavy atom. The largest absolute Gasteiger partial charge is 0.459 e. The molecule has 0 aromatic rings. The van der Waals surface area contributed by atoms with Crippen molar-refractivity contribution in [3.05, 3.63) is 0 Å². The lowest BCUT2D eigenvalue weighted by atomic mass is 9.49. The van der Waals surface area contributed by atoms with Crippen LogP contribution in [0.3, 0.4) is 0 Å². The van der Waals surface area contributed by atoms with E-state index < -0.39 is 17.9 Å². The molecule has 1 N–H and O–H groups in total. The fraction of sp³-hybridized carbons (Fsp3) is 0.950. The van der Waals surface area contributed by atoms with Crippen LogP contribution < -0.4 is 4.90 Å². The number of carbonyl (C=O) groups is 1. The Kier molecular flexibility index (Phi) is 6.86. The summed E-state index contributed by atoms with van der Waals surface area (Å²) in [6, 6.07) is 0. The van der Waals surface area contributed by atoms with Crippen molar-refractivity contribution in [2.75, 3.05) is 26.2 Å². The zero-order chi connectivity index (χ0) is 18.7.